The van der Waals surface area contributed by atoms with Gasteiger partial charge in [0.2, 0.25) is 5.88 Å². The fourth-order valence-corrected chi connectivity index (χ4v) is 4.11. The van der Waals surface area contributed by atoms with Crippen LogP contribution >= 0.6 is 11.6 Å². The minimum absolute atomic E-state index is 0.103. The molecule has 0 bridgehead atoms. The van der Waals surface area contributed by atoms with E-state index in [1.165, 1.54) is 13.2 Å². The fourth-order valence-electron chi connectivity index (χ4n) is 3.96. The van der Waals surface area contributed by atoms with E-state index < -0.39 is 5.97 Å². The van der Waals surface area contributed by atoms with Crippen molar-refractivity contribution in [2.24, 2.45) is 0 Å². The van der Waals surface area contributed by atoms with Crippen molar-refractivity contribution in [3.8, 4) is 5.88 Å². The number of nitrogens with two attached hydrogens (primary N) is 1. The smallest absolute Gasteiger partial charge is 0.335 e. The highest BCUT2D eigenvalue weighted by Crippen LogP contribution is 2.25. The number of halogens is 1. The van der Waals surface area contributed by atoms with E-state index in [1.54, 1.807) is 19.2 Å². The number of aromatic carboxylic acids is 1. The number of aromatic nitrogens is 1. The number of aryl methyl sites for hydroxylation is 1. The number of ether oxygens (including phenoxy) is 2. The van der Waals surface area contributed by atoms with Gasteiger partial charge in [-0.15, -0.1) is 0 Å². The van der Waals surface area contributed by atoms with Crippen molar-refractivity contribution in [1.29, 1.82) is 0 Å². The second-order valence-electron chi connectivity index (χ2n) is 7.96. The summed E-state index contributed by atoms with van der Waals surface area (Å²) in [4.78, 5) is 30.2. The zero-order chi connectivity index (χ0) is 24.0. The molecule has 9 nitrogen and oxygen atoms in total. The summed E-state index contributed by atoms with van der Waals surface area (Å²) < 4.78 is 10.8. The van der Waals surface area contributed by atoms with Crippen LogP contribution in [0.5, 0.6) is 5.88 Å². The Morgan fingerprint density at radius 1 is 1.30 bits per heavy atom. The zero-order valence-corrected chi connectivity index (χ0v) is 19.5. The van der Waals surface area contributed by atoms with Crippen LogP contribution in [-0.2, 0) is 11.2 Å². The maximum Gasteiger partial charge on any atom is 0.335 e. The molecule has 1 amide bonds. The van der Waals surface area contributed by atoms with E-state index in [1.807, 2.05) is 12.1 Å². The lowest BCUT2D eigenvalue weighted by atomic mass is 10.00. The number of hydrogen-bond acceptors (Lipinski definition) is 7. The summed E-state index contributed by atoms with van der Waals surface area (Å²) in [6.45, 7) is 2.39. The number of amides is 1. The Kier molecular flexibility index (Phi) is 8.49. The summed E-state index contributed by atoms with van der Waals surface area (Å²) >= 11 is 6.04. The molecule has 0 saturated carbocycles. The molecule has 0 radical (unpaired) electrons. The van der Waals surface area contributed by atoms with Crippen LogP contribution in [-0.4, -0.2) is 72.9 Å². The third-order valence-electron chi connectivity index (χ3n) is 5.81. The number of carboxylic acids is 1. The molecule has 178 valence electrons. The van der Waals surface area contributed by atoms with Crippen molar-refractivity contribution in [1.82, 2.24) is 15.2 Å². The van der Waals surface area contributed by atoms with Gasteiger partial charge in [0.25, 0.3) is 5.91 Å². The van der Waals surface area contributed by atoms with Crippen molar-refractivity contribution in [2.45, 2.75) is 31.4 Å². The first-order valence-corrected chi connectivity index (χ1v) is 11.1. The predicted octanol–water partition coefficient (Wildman–Crippen LogP) is 2.48. The molecular weight excluding hydrogens is 448 g/mol. The average Bonchev–Trinajstić information content (AvgIpc) is 2.81. The number of carboxylic acid groups (broad SMARTS) is 1. The van der Waals surface area contributed by atoms with Crippen LogP contribution in [0.2, 0.25) is 5.02 Å². The standard InChI is InChI=1S/C23H29ClN4O5/c1-32-19-13-28(10-3-4-14-5-7-15(8-6-14)23(30)31)11-9-18(19)26-21(29)16-12-17(24)20(25)27-22(16)33-2/h5-8,12,18-19H,3-4,9-11,13H2,1-2H3,(H2,25,27)(H,26,29)(H,30,31). The van der Waals surface area contributed by atoms with Gasteiger partial charge >= 0.3 is 5.97 Å². The van der Waals surface area contributed by atoms with Gasteiger partial charge in [0.05, 0.1) is 29.8 Å². The lowest BCUT2D eigenvalue weighted by Gasteiger charge is -2.38. The molecule has 4 N–H and O–H groups in total. The number of pyridine rings is 1. The van der Waals surface area contributed by atoms with Crippen LogP contribution in [0.15, 0.2) is 30.3 Å². The Labute approximate surface area is 197 Å². The number of methoxy groups -OCH3 is 2. The monoisotopic (exact) mass is 476 g/mol. The largest absolute Gasteiger partial charge is 0.480 e. The highest BCUT2D eigenvalue weighted by Gasteiger charge is 2.31. The first-order chi connectivity index (χ1) is 15.8. The van der Waals surface area contributed by atoms with Gasteiger partial charge < -0.3 is 30.5 Å². The second-order valence-corrected chi connectivity index (χ2v) is 8.37. The molecular formula is C23H29ClN4O5. The molecule has 0 aliphatic carbocycles. The number of rotatable bonds is 9. The maximum absolute atomic E-state index is 12.9. The van der Waals surface area contributed by atoms with E-state index >= 15 is 0 Å². The molecule has 0 spiro atoms. The van der Waals surface area contributed by atoms with Crippen molar-refractivity contribution in [3.63, 3.8) is 0 Å². The van der Waals surface area contributed by atoms with Crippen LogP contribution in [0, 0.1) is 0 Å². The molecule has 2 unspecified atom stereocenters. The zero-order valence-electron chi connectivity index (χ0n) is 18.7. The van der Waals surface area contributed by atoms with Gasteiger partial charge in [-0.25, -0.2) is 4.79 Å². The number of carbonyl (C=O) groups is 2. The van der Waals surface area contributed by atoms with Gasteiger partial charge in [0.1, 0.15) is 11.4 Å². The number of nitrogens with one attached hydrogen (secondary N) is 1. The van der Waals surface area contributed by atoms with Crippen LogP contribution in [0.3, 0.4) is 0 Å². The number of nitrogen functional groups attached to an aromatic ring is 1. The van der Waals surface area contributed by atoms with E-state index in [0.29, 0.717) is 12.1 Å². The van der Waals surface area contributed by atoms with Gasteiger partial charge in [0.15, 0.2) is 0 Å². The van der Waals surface area contributed by atoms with Gasteiger partial charge in [-0.3, -0.25) is 4.79 Å². The van der Waals surface area contributed by atoms with Crippen molar-refractivity contribution < 1.29 is 24.2 Å². The minimum atomic E-state index is -0.920. The summed E-state index contributed by atoms with van der Waals surface area (Å²) in [5, 5.41) is 12.2. The first kappa shape index (κ1) is 24.8. The van der Waals surface area contributed by atoms with Crippen molar-refractivity contribution in [3.05, 3.63) is 52.0 Å². The van der Waals surface area contributed by atoms with Crippen LogP contribution in [0.25, 0.3) is 0 Å². The summed E-state index contributed by atoms with van der Waals surface area (Å²) in [5.74, 6) is -1.04. The Hall–Kier alpha value is -2.88. The topological polar surface area (TPSA) is 127 Å². The molecule has 1 fully saturated rings. The summed E-state index contributed by atoms with van der Waals surface area (Å²) in [5.41, 5.74) is 7.32. The molecule has 10 heteroatoms. The Morgan fingerprint density at radius 2 is 2.03 bits per heavy atom. The Balaban J connectivity index is 1.52. The minimum Gasteiger partial charge on any atom is -0.480 e. The maximum atomic E-state index is 12.9. The van der Waals surface area contributed by atoms with Crippen molar-refractivity contribution >= 4 is 29.3 Å². The molecule has 1 aromatic carbocycles. The van der Waals surface area contributed by atoms with Crippen molar-refractivity contribution in [2.75, 3.05) is 39.6 Å². The van der Waals surface area contributed by atoms with E-state index in [4.69, 9.17) is 31.9 Å². The highest BCUT2D eigenvalue weighted by molar-refractivity contribution is 6.33. The third kappa shape index (κ3) is 6.34. The molecule has 1 aliphatic heterocycles. The molecule has 1 saturated heterocycles. The molecule has 1 aromatic heterocycles. The van der Waals surface area contributed by atoms with Gasteiger partial charge in [-0.2, -0.15) is 4.98 Å². The summed E-state index contributed by atoms with van der Waals surface area (Å²) in [6.07, 6.45) is 2.36. The Bertz CT molecular complexity index is 986. The lowest BCUT2D eigenvalue weighted by molar-refractivity contribution is 0.00615. The quantitative estimate of drug-likeness (QED) is 0.503. The van der Waals surface area contributed by atoms with Crippen LogP contribution in [0.4, 0.5) is 5.82 Å². The number of carbonyl (C=O) groups excluding carboxylic acids is 1. The number of hydrogen-bond donors (Lipinski definition) is 3. The van der Waals surface area contributed by atoms with E-state index in [9.17, 15) is 9.59 Å². The normalized spacial score (nSPS) is 18.6. The van der Waals surface area contributed by atoms with E-state index in [2.05, 4.69) is 15.2 Å². The molecule has 3 rings (SSSR count). The summed E-state index contributed by atoms with van der Waals surface area (Å²) in [6, 6.07) is 8.27. The number of anilines is 1. The molecule has 2 atom stereocenters. The summed E-state index contributed by atoms with van der Waals surface area (Å²) in [7, 11) is 3.06. The fraction of sp³-hybridized carbons (Fsp3) is 0.435. The number of piperidine rings is 1. The van der Waals surface area contributed by atoms with Crippen LogP contribution in [0.1, 0.15) is 39.1 Å². The lowest BCUT2D eigenvalue weighted by Crippen LogP contribution is -2.55. The molecule has 2 aromatic rings. The number of likely N-dealkylation sites (tertiary alicyclic amines) is 1. The third-order valence-corrected chi connectivity index (χ3v) is 6.11. The van der Waals surface area contributed by atoms with E-state index in [0.717, 1.165) is 37.9 Å². The van der Waals surface area contributed by atoms with Gasteiger partial charge in [0, 0.05) is 20.2 Å². The second kappa shape index (κ2) is 11.3. The SMILES string of the molecule is COc1nc(N)c(Cl)cc1C(=O)NC1CCN(CCCc2ccc(C(=O)O)cc2)CC1OC. The number of nitrogens with zero attached hydrogens (tertiary/aromatic N) is 2. The first-order valence-electron chi connectivity index (χ1n) is 10.7. The predicted molar refractivity (Wildman–Crippen MR) is 125 cm³/mol. The van der Waals surface area contributed by atoms with E-state index in [-0.39, 0.29) is 40.3 Å². The molecule has 1 aliphatic rings. The van der Waals surface area contributed by atoms with Crippen LogP contribution < -0.4 is 15.8 Å². The highest BCUT2D eigenvalue weighted by atomic mass is 35.5. The van der Waals surface area contributed by atoms with Gasteiger partial charge in [-0.1, -0.05) is 23.7 Å². The van der Waals surface area contributed by atoms with Gasteiger partial charge in [-0.05, 0) is 49.6 Å². The average molecular weight is 477 g/mol. The molecule has 33 heavy (non-hydrogen) atoms. The number of benzene rings is 1. The molecule has 2 heterocycles. The Morgan fingerprint density at radius 3 is 2.67 bits per heavy atom.